The van der Waals surface area contributed by atoms with E-state index in [1.54, 1.807) is 0 Å². The van der Waals surface area contributed by atoms with Crippen LogP contribution >= 0.6 is 0 Å². The average molecular weight is 298 g/mol. The van der Waals surface area contributed by atoms with Gasteiger partial charge in [0.1, 0.15) is 11.6 Å². The molecule has 0 radical (unpaired) electrons. The van der Waals surface area contributed by atoms with E-state index in [0.717, 1.165) is 19.3 Å². The zero-order valence-corrected chi connectivity index (χ0v) is 13.3. The van der Waals surface area contributed by atoms with Crippen LogP contribution in [0.5, 0.6) is 0 Å². The largest absolute Gasteiger partial charge is 0.468 e. The third kappa shape index (κ3) is 3.48. The van der Waals surface area contributed by atoms with Crippen molar-refractivity contribution in [2.75, 3.05) is 13.7 Å². The minimum absolute atomic E-state index is 0.0682. The Labute approximate surface area is 125 Å². The Bertz CT molecular complexity index is 426. The van der Waals surface area contributed by atoms with Crippen molar-refractivity contribution >= 4 is 12.1 Å². The van der Waals surface area contributed by atoms with E-state index >= 15 is 0 Å². The molecule has 1 unspecified atom stereocenters. The number of likely N-dealkylation sites (tertiary alicyclic amines) is 1. The standard InChI is InChI=1S/C15H26N2O4/c1-14(2,3)21-13(19)17-8-5-10(9-15(17)6-7-15)11(16)12(18)20-4/h10-11H,5-9,16H2,1-4H3/t10?,11-/m0/s1. The van der Waals surface area contributed by atoms with Crippen LogP contribution in [0.1, 0.15) is 46.5 Å². The van der Waals surface area contributed by atoms with Gasteiger partial charge >= 0.3 is 12.1 Å². The van der Waals surface area contributed by atoms with Crippen LogP contribution in [0.15, 0.2) is 0 Å². The van der Waals surface area contributed by atoms with Crippen molar-refractivity contribution in [1.29, 1.82) is 0 Å². The summed E-state index contributed by atoms with van der Waals surface area (Å²) in [5, 5.41) is 0. The molecule has 1 heterocycles. The smallest absolute Gasteiger partial charge is 0.410 e. The highest BCUT2D eigenvalue weighted by molar-refractivity contribution is 5.76. The normalized spacial score (nSPS) is 25.4. The minimum atomic E-state index is -0.603. The maximum absolute atomic E-state index is 12.3. The molecule has 2 rings (SSSR count). The number of rotatable bonds is 2. The molecule has 1 aliphatic carbocycles. The van der Waals surface area contributed by atoms with Crippen LogP contribution in [0.2, 0.25) is 0 Å². The van der Waals surface area contributed by atoms with Crippen LogP contribution in [-0.4, -0.2) is 47.8 Å². The Kier molecular flexibility index (Phi) is 4.19. The van der Waals surface area contributed by atoms with Gasteiger partial charge in [-0.05, 0) is 52.4 Å². The minimum Gasteiger partial charge on any atom is -0.468 e. The van der Waals surface area contributed by atoms with Crippen LogP contribution in [0.4, 0.5) is 4.79 Å². The maximum Gasteiger partial charge on any atom is 0.410 e. The highest BCUT2D eigenvalue weighted by Gasteiger charge is 2.55. The molecular formula is C15H26N2O4. The van der Waals surface area contributed by atoms with E-state index in [4.69, 9.17) is 15.2 Å². The van der Waals surface area contributed by atoms with E-state index in [2.05, 4.69) is 0 Å². The van der Waals surface area contributed by atoms with Crippen molar-refractivity contribution in [3.05, 3.63) is 0 Å². The number of hydrogen-bond donors (Lipinski definition) is 1. The summed E-state index contributed by atoms with van der Waals surface area (Å²) < 4.78 is 10.2. The second-order valence-corrected chi connectivity index (χ2v) is 7.16. The number of ether oxygens (including phenoxy) is 2. The number of hydrogen-bond acceptors (Lipinski definition) is 5. The summed E-state index contributed by atoms with van der Waals surface area (Å²) in [7, 11) is 1.35. The Morgan fingerprint density at radius 1 is 1.33 bits per heavy atom. The van der Waals surface area contributed by atoms with Crippen molar-refractivity contribution in [3.8, 4) is 0 Å². The lowest BCUT2D eigenvalue weighted by Crippen LogP contribution is -2.53. The van der Waals surface area contributed by atoms with Gasteiger partial charge in [0.25, 0.3) is 0 Å². The van der Waals surface area contributed by atoms with Gasteiger partial charge in [0.2, 0.25) is 0 Å². The SMILES string of the molecule is COC(=O)[C@@H](N)C1CCN(C(=O)OC(C)(C)C)C2(CC2)C1. The van der Waals surface area contributed by atoms with E-state index in [-0.39, 0.29) is 23.5 Å². The molecule has 2 N–H and O–H groups in total. The lowest BCUT2D eigenvalue weighted by Gasteiger charge is -2.41. The second-order valence-electron chi connectivity index (χ2n) is 7.16. The first-order valence-electron chi connectivity index (χ1n) is 7.52. The molecule has 21 heavy (non-hydrogen) atoms. The van der Waals surface area contributed by atoms with Crippen LogP contribution in [0, 0.1) is 5.92 Å². The topological polar surface area (TPSA) is 81.9 Å². The lowest BCUT2D eigenvalue weighted by atomic mass is 9.84. The monoisotopic (exact) mass is 298 g/mol. The van der Waals surface area contributed by atoms with E-state index in [1.165, 1.54) is 7.11 Å². The number of carbonyl (C=O) groups excluding carboxylic acids is 2. The summed E-state index contributed by atoms with van der Waals surface area (Å²) in [5.41, 5.74) is 5.32. The molecule has 0 bridgehead atoms. The first-order valence-corrected chi connectivity index (χ1v) is 7.52. The van der Waals surface area contributed by atoms with Gasteiger partial charge in [-0.2, -0.15) is 0 Å². The zero-order valence-electron chi connectivity index (χ0n) is 13.3. The Balaban J connectivity index is 2.01. The molecule has 1 amide bonds. The number of nitrogens with two attached hydrogens (primary N) is 1. The zero-order chi connectivity index (χ0) is 15.8. The second kappa shape index (κ2) is 5.48. The van der Waals surface area contributed by atoms with E-state index in [9.17, 15) is 9.59 Å². The van der Waals surface area contributed by atoms with Gasteiger partial charge in [0.15, 0.2) is 0 Å². The summed E-state index contributed by atoms with van der Waals surface area (Å²) in [6, 6.07) is -0.603. The van der Waals surface area contributed by atoms with Gasteiger partial charge in [-0.3, -0.25) is 4.79 Å². The molecule has 2 atom stereocenters. The van der Waals surface area contributed by atoms with Crippen LogP contribution in [-0.2, 0) is 14.3 Å². The van der Waals surface area contributed by atoms with Gasteiger partial charge in [0.05, 0.1) is 7.11 Å². The number of esters is 1. The van der Waals surface area contributed by atoms with Crippen molar-refractivity contribution in [2.24, 2.45) is 11.7 Å². The van der Waals surface area contributed by atoms with Crippen LogP contribution in [0.3, 0.4) is 0 Å². The molecule has 1 spiro atoms. The summed E-state index contributed by atoms with van der Waals surface area (Å²) in [4.78, 5) is 25.7. The molecule has 6 heteroatoms. The molecule has 6 nitrogen and oxygen atoms in total. The van der Waals surface area contributed by atoms with Crippen molar-refractivity contribution in [2.45, 2.75) is 63.6 Å². The van der Waals surface area contributed by atoms with Gasteiger partial charge < -0.3 is 20.1 Å². The quantitative estimate of drug-likeness (QED) is 0.784. The predicted octanol–water partition coefficient (Wildman–Crippen LogP) is 1.67. The first-order chi connectivity index (χ1) is 9.68. The molecule has 1 saturated carbocycles. The summed E-state index contributed by atoms with van der Waals surface area (Å²) in [6.45, 7) is 6.18. The predicted molar refractivity (Wildman–Crippen MR) is 77.6 cm³/mol. The molecule has 0 aromatic rings. The van der Waals surface area contributed by atoms with Gasteiger partial charge in [-0.15, -0.1) is 0 Å². The molecule has 2 aliphatic rings. The average Bonchev–Trinajstić information content (AvgIpc) is 3.14. The number of amides is 1. The van der Waals surface area contributed by atoms with Crippen molar-refractivity contribution in [1.82, 2.24) is 4.90 Å². The first kappa shape index (κ1) is 16.1. The van der Waals surface area contributed by atoms with Gasteiger partial charge in [-0.1, -0.05) is 0 Å². The maximum atomic E-state index is 12.3. The molecular weight excluding hydrogens is 272 g/mol. The Morgan fingerprint density at radius 3 is 2.43 bits per heavy atom. The Hall–Kier alpha value is -1.30. The fraction of sp³-hybridized carbons (Fsp3) is 0.867. The molecule has 0 aromatic carbocycles. The molecule has 0 aromatic heterocycles. The fourth-order valence-corrected chi connectivity index (χ4v) is 3.09. The van der Waals surface area contributed by atoms with E-state index in [0.29, 0.717) is 13.0 Å². The van der Waals surface area contributed by atoms with Crippen LogP contribution in [0.25, 0.3) is 0 Å². The number of piperidine rings is 1. The third-order valence-corrected chi connectivity index (χ3v) is 4.36. The molecule has 2 fully saturated rings. The number of carbonyl (C=O) groups is 2. The summed E-state index contributed by atoms with van der Waals surface area (Å²) in [6.07, 6.45) is 3.11. The number of nitrogens with zero attached hydrogens (tertiary/aromatic N) is 1. The van der Waals surface area contributed by atoms with Crippen molar-refractivity contribution in [3.63, 3.8) is 0 Å². The van der Waals surface area contributed by atoms with E-state index in [1.807, 2.05) is 25.7 Å². The van der Waals surface area contributed by atoms with Gasteiger partial charge in [-0.25, -0.2) is 4.79 Å². The molecule has 1 saturated heterocycles. The summed E-state index contributed by atoms with van der Waals surface area (Å²) in [5.74, 6) is -0.305. The molecule has 1 aliphatic heterocycles. The highest BCUT2D eigenvalue weighted by Crippen LogP contribution is 2.50. The van der Waals surface area contributed by atoms with Crippen molar-refractivity contribution < 1.29 is 19.1 Å². The van der Waals surface area contributed by atoms with E-state index < -0.39 is 11.6 Å². The highest BCUT2D eigenvalue weighted by atomic mass is 16.6. The Morgan fingerprint density at radius 2 is 1.95 bits per heavy atom. The number of methoxy groups -OCH3 is 1. The lowest BCUT2D eigenvalue weighted by molar-refractivity contribution is -0.144. The van der Waals surface area contributed by atoms with Crippen LogP contribution < -0.4 is 5.73 Å². The van der Waals surface area contributed by atoms with Gasteiger partial charge in [0, 0.05) is 12.1 Å². The molecule has 120 valence electrons. The summed E-state index contributed by atoms with van der Waals surface area (Å²) >= 11 is 0. The third-order valence-electron chi connectivity index (χ3n) is 4.36. The fourth-order valence-electron chi connectivity index (χ4n) is 3.09.